The van der Waals surface area contributed by atoms with Gasteiger partial charge in [0.1, 0.15) is 0 Å². The average Bonchev–Trinajstić information content (AvgIpc) is 2.71. The zero-order valence-corrected chi connectivity index (χ0v) is 9.43. The van der Waals surface area contributed by atoms with E-state index in [4.69, 9.17) is 0 Å². The van der Waals surface area contributed by atoms with Gasteiger partial charge in [-0.05, 0) is 0 Å². The van der Waals surface area contributed by atoms with Crippen molar-refractivity contribution in [3.05, 3.63) is 17.0 Å². The summed E-state index contributed by atoms with van der Waals surface area (Å²) in [6, 6.07) is 0. The van der Waals surface area contributed by atoms with Crippen LogP contribution in [-0.2, 0) is 22.1 Å². The first-order chi connectivity index (χ1) is 9.10. The number of aromatic nitrogens is 1. The lowest BCUT2D eigenvalue weighted by Crippen LogP contribution is -2.37. The van der Waals surface area contributed by atoms with Crippen molar-refractivity contribution in [1.29, 1.82) is 0 Å². The highest BCUT2D eigenvalue weighted by atomic mass is 19.4. The average molecular weight is 304 g/mol. The Kier molecular flexibility index (Phi) is 3.40. The van der Waals surface area contributed by atoms with Gasteiger partial charge in [-0.3, -0.25) is 5.32 Å². The number of ether oxygens (including phenoxy) is 1. The van der Waals surface area contributed by atoms with Crippen LogP contribution in [-0.4, -0.2) is 23.8 Å². The van der Waals surface area contributed by atoms with Gasteiger partial charge in [0, 0.05) is 13.0 Å². The molecule has 2 heterocycles. The first-order valence-corrected chi connectivity index (χ1v) is 5.17. The first kappa shape index (κ1) is 14.6. The summed E-state index contributed by atoms with van der Waals surface area (Å²) in [7, 11) is 0. The number of fused-ring (bicyclic) bond motifs is 1. The van der Waals surface area contributed by atoms with Crippen LogP contribution >= 0.6 is 0 Å². The van der Waals surface area contributed by atoms with Gasteiger partial charge in [-0.1, -0.05) is 5.16 Å². The number of alkyl halides is 6. The molecular weight excluding hydrogens is 298 g/mol. The Morgan fingerprint density at radius 2 is 1.95 bits per heavy atom. The molecule has 0 aliphatic carbocycles. The molecule has 20 heavy (non-hydrogen) atoms. The molecule has 1 aromatic heterocycles. The highest BCUT2D eigenvalue weighted by Gasteiger charge is 2.47. The molecule has 0 bridgehead atoms. The molecule has 5 nitrogen and oxygen atoms in total. The number of rotatable bonds is 1. The van der Waals surface area contributed by atoms with Crippen molar-refractivity contribution in [2.45, 2.75) is 25.0 Å². The third-order valence-electron chi connectivity index (χ3n) is 2.47. The Balaban J connectivity index is 2.32. The van der Waals surface area contributed by atoms with Crippen LogP contribution in [0.1, 0.15) is 23.2 Å². The van der Waals surface area contributed by atoms with Crippen molar-refractivity contribution in [2.24, 2.45) is 0 Å². The van der Waals surface area contributed by atoms with E-state index in [2.05, 4.69) is 19.7 Å². The first-order valence-electron chi connectivity index (χ1n) is 5.17. The number of nitrogens with one attached hydrogen (secondary N) is 1. The molecule has 0 spiro atoms. The van der Waals surface area contributed by atoms with Crippen molar-refractivity contribution >= 4 is 5.97 Å². The number of halogens is 6. The van der Waals surface area contributed by atoms with Crippen molar-refractivity contribution < 1.29 is 40.4 Å². The minimum absolute atomic E-state index is 0.00731. The van der Waals surface area contributed by atoms with Gasteiger partial charge in [-0.2, -0.15) is 26.3 Å². The highest BCUT2D eigenvalue weighted by molar-refractivity contribution is 5.76. The zero-order chi connectivity index (χ0) is 15.1. The lowest BCUT2D eigenvalue weighted by Gasteiger charge is -2.24. The number of hydrogen-bond acceptors (Lipinski definition) is 5. The third-order valence-corrected chi connectivity index (χ3v) is 2.47. The van der Waals surface area contributed by atoms with E-state index in [0.717, 1.165) is 0 Å². The van der Waals surface area contributed by atoms with E-state index in [9.17, 15) is 31.1 Å². The predicted molar refractivity (Wildman–Crippen MR) is 48.1 cm³/mol. The molecule has 1 atom stereocenters. The Hall–Kier alpha value is -1.78. The molecule has 0 radical (unpaired) electrons. The van der Waals surface area contributed by atoms with Crippen LogP contribution in [0.5, 0.6) is 0 Å². The van der Waals surface area contributed by atoms with Crippen LogP contribution in [0.3, 0.4) is 0 Å². The molecular formula is C9H6F6N2O3. The second-order valence-corrected chi connectivity index (χ2v) is 3.86. The Morgan fingerprint density at radius 3 is 2.50 bits per heavy atom. The molecule has 0 amide bonds. The number of esters is 1. The molecule has 112 valence electrons. The zero-order valence-electron chi connectivity index (χ0n) is 9.43. The van der Waals surface area contributed by atoms with Crippen LogP contribution in [0, 0.1) is 0 Å². The maximum absolute atomic E-state index is 12.6. The normalized spacial score (nSPS) is 19.6. The second-order valence-electron chi connectivity index (χ2n) is 3.86. The van der Waals surface area contributed by atoms with Gasteiger partial charge in [-0.25, -0.2) is 4.79 Å². The minimum atomic E-state index is -5.31. The van der Waals surface area contributed by atoms with Crippen LogP contribution in [0.25, 0.3) is 0 Å². The van der Waals surface area contributed by atoms with Gasteiger partial charge >= 0.3 is 18.3 Å². The van der Waals surface area contributed by atoms with Gasteiger partial charge in [0.05, 0.1) is 11.3 Å². The quantitative estimate of drug-likeness (QED) is 0.634. The fraction of sp³-hybridized carbons (Fsp3) is 0.556. The molecule has 0 saturated carbocycles. The molecule has 0 saturated heterocycles. The number of nitrogens with zero attached hydrogens (tertiary/aromatic N) is 1. The highest BCUT2D eigenvalue weighted by Crippen LogP contribution is 2.38. The molecule has 1 unspecified atom stereocenters. The molecule has 11 heteroatoms. The van der Waals surface area contributed by atoms with Gasteiger partial charge in [0.25, 0.3) is 0 Å². The summed E-state index contributed by atoms with van der Waals surface area (Å²) in [6.07, 6.45) is -12.2. The molecule has 1 aliphatic heterocycles. The largest absolute Gasteiger partial charge is 0.490 e. The summed E-state index contributed by atoms with van der Waals surface area (Å²) < 4.78 is 82.2. The lowest BCUT2D eigenvalue weighted by molar-refractivity contribution is -0.207. The van der Waals surface area contributed by atoms with Gasteiger partial charge in [-0.15, -0.1) is 0 Å². The van der Waals surface area contributed by atoms with Crippen molar-refractivity contribution in [2.75, 3.05) is 6.54 Å². The monoisotopic (exact) mass is 304 g/mol. The summed E-state index contributed by atoms with van der Waals surface area (Å²) in [5.41, 5.74) is -0.933. The van der Waals surface area contributed by atoms with Crippen molar-refractivity contribution in [1.82, 2.24) is 10.5 Å². The molecule has 1 aromatic rings. The van der Waals surface area contributed by atoms with Crippen LogP contribution in [0.2, 0.25) is 0 Å². The summed E-state index contributed by atoms with van der Waals surface area (Å²) >= 11 is 0. The Labute approximate surface area is 106 Å². The van der Waals surface area contributed by atoms with E-state index in [1.165, 1.54) is 0 Å². The van der Waals surface area contributed by atoms with E-state index >= 15 is 0 Å². The van der Waals surface area contributed by atoms with E-state index in [1.807, 2.05) is 0 Å². The van der Waals surface area contributed by atoms with E-state index < -0.39 is 35.9 Å². The molecule has 0 fully saturated rings. The van der Waals surface area contributed by atoms with Crippen molar-refractivity contribution in [3.63, 3.8) is 0 Å². The fourth-order valence-electron chi connectivity index (χ4n) is 1.68. The van der Waals surface area contributed by atoms with Crippen LogP contribution in [0.4, 0.5) is 26.3 Å². The Bertz CT molecular complexity index is 521. The van der Waals surface area contributed by atoms with E-state index in [1.54, 1.807) is 0 Å². The van der Waals surface area contributed by atoms with Gasteiger partial charge < -0.3 is 9.26 Å². The minimum Gasteiger partial charge on any atom is -0.435 e. The number of carbonyl (C=O) groups is 1. The summed E-state index contributed by atoms with van der Waals surface area (Å²) in [5.74, 6) is -4.18. The smallest absolute Gasteiger partial charge is 0.435 e. The number of hydrogen-bond donors (Lipinski definition) is 1. The predicted octanol–water partition coefficient (Wildman–Crippen LogP) is 1.94. The molecule has 2 rings (SSSR count). The van der Waals surface area contributed by atoms with E-state index in [-0.39, 0.29) is 18.7 Å². The molecule has 1 N–H and O–H groups in total. The van der Waals surface area contributed by atoms with E-state index in [0.29, 0.717) is 0 Å². The third kappa shape index (κ3) is 2.71. The maximum Gasteiger partial charge on any atom is 0.490 e. The maximum atomic E-state index is 12.6. The van der Waals surface area contributed by atoms with Crippen LogP contribution in [0.15, 0.2) is 4.52 Å². The molecule has 1 aliphatic rings. The fourth-order valence-corrected chi connectivity index (χ4v) is 1.68. The second kappa shape index (κ2) is 4.65. The van der Waals surface area contributed by atoms with Gasteiger partial charge in [0.2, 0.25) is 5.76 Å². The van der Waals surface area contributed by atoms with Crippen molar-refractivity contribution in [3.8, 4) is 0 Å². The SMILES string of the molecule is O=C(OC1NCCc2noc(C(F)(F)F)c21)C(F)(F)F. The number of carbonyl (C=O) groups excluding carboxylic acids is 1. The summed E-state index contributed by atoms with van der Waals surface area (Å²) in [4.78, 5) is 10.7. The lowest BCUT2D eigenvalue weighted by atomic mass is 10.1. The topological polar surface area (TPSA) is 64.4 Å². The summed E-state index contributed by atoms with van der Waals surface area (Å²) in [5, 5.41) is 5.37. The summed E-state index contributed by atoms with van der Waals surface area (Å²) in [6.45, 7) is -0.00731. The van der Waals surface area contributed by atoms with Crippen LogP contribution < -0.4 is 5.32 Å². The van der Waals surface area contributed by atoms with Gasteiger partial charge in [0.15, 0.2) is 6.23 Å². The Morgan fingerprint density at radius 1 is 1.30 bits per heavy atom. The molecule has 0 aromatic carbocycles. The standard InChI is InChI=1S/C9H6F6N2O3/c10-8(11,12)5-4-3(17-20-5)1-2-16-6(4)19-7(18)9(13,14)15/h6,16H,1-2H2.